The summed E-state index contributed by atoms with van der Waals surface area (Å²) >= 11 is 0.986. The van der Waals surface area contributed by atoms with E-state index in [2.05, 4.69) is 0 Å². The average Bonchev–Trinajstić information content (AvgIpc) is 2.96. The number of rotatable bonds is 5. The molecule has 0 saturated carbocycles. The lowest BCUT2D eigenvalue weighted by Crippen LogP contribution is -2.29. The first-order chi connectivity index (χ1) is 9.97. The number of nitrogen functional groups attached to an aromatic ring is 1. The van der Waals surface area contributed by atoms with E-state index in [1.54, 1.807) is 19.1 Å². The number of anilines is 1. The number of nitriles is 1. The van der Waals surface area contributed by atoms with Crippen LogP contribution in [-0.4, -0.2) is 19.3 Å². The van der Waals surface area contributed by atoms with Crippen LogP contribution in [0.5, 0.6) is 0 Å². The Morgan fingerprint density at radius 2 is 1.90 bits per heavy atom. The summed E-state index contributed by atoms with van der Waals surface area (Å²) in [5.41, 5.74) is 7.13. The van der Waals surface area contributed by atoms with Crippen molar-refractivity contribution < 1.29 is 8.42 Å². The maximum Gasteiger partial charge on any atom is 0.252 e. The van der Waals surface area contributed by atoms with Gasteiger partial charge in [0.15, 0.2) is 0 Å². The van der Waals surface area contributed by atoms with Gasteiger partial charge in [-0.25, -0.2) is 8.42 Å². The third-order valence-corrected chi connectivity index (χ3v) is 6.36. The van der Waals surface area contributed by atoms with Crippen LogP contribution in [0.1, 0.15) is 17.4 Å². The van der Waals surface area contributed by atoms with Gasteiger partial charge in [-0.05, 0) is 29.8 Å². The van der Waals surface area contributed by atoms with Gasteiger partial charge in [-0.1, -0.05) is 19.1 Å². The molecule has 0 bridgehead atoms. The van der Waals surface area contributed by atoms with Crippen LogP contribution < -0.4 is 5.73 Å². The standard InChI is InChI=1S/C14H15N3O2S2/c1-2-17(10-11-3-5-12(16)6-4-11)21(18,19)14-8-7-13(9-15)20-14/h3-8H,2,10,16H2,1H3. The van der Waals surface area contributed by atoms with Crippen molar-refractivity contribution in [2.45, 2.75) is 17.7 Å². The van der Waals surface area contributed by atoms with Crippen LogP contribution in [0.3, 0.4) is 0 Å². The van der Waals surface area contributed by atoms with Crippen molar-refractivity contribution in [1.29, 1.82) is 5.26 Å². The van der Waals surface area contributed by atoms with Gasteiger partial charge in [0, 0.05) is 18.8 Å². The van der Waals surface area contributed by atoms with Gasteiger partial charge < -0.3 is 5.73 Å². The monoisotopic (exact) mass is 321 g/mol. The molecule has 0 saturated heterocycles. The molecule has 0 fully saturated rings. The Morgan fingerprint density at radius 3 is 2.43 bits per heavy atom. The lowest BCUT2D eigenvalue weighted by atomic mass is 10.2. The molecular weight excluding hydrogens is 306 g/mol. The second-order valence-corrected chi connectivity index (χ2v) is 7.65. The predicted molar refractivity (Wildman–Crippen MR) is 83.2 cm³/mol. The fourth-order valence-electron chi connectivity index (χ4n) is 1.84. The van der Waals surface area contributed by atoms with Crippen LogP contribution in [0, 0.1) is 11.3 Å². The Labute approximate surface area is 128 Å². The Morgan fingerprint density at radius 1 is 1.24 bits per heavy atom. The van der Waals surface area contributed by atoms with Crippen molar-refractivity contribution in [3.8, 4) is 6.07 Å². The predicted octanol–water partition coefficient (Wildman–Crippen LogP) is 2.41. The van der Waals surface area contributed by atoms with Crippen LogP contribution in [-0.2, 0) is 16.6 Å². The van der Waals surface area contributed by atoms with Gasteiger partial charge in [-0.2, -0.15) is 9.57 Å². The molecule has 21 heavy (non-hydrogen) atoms. The summed E-state index contributed by atoms with van der Waals surface area (Å²) in [6, 6.07) is 12.1. The van der Waals surface area contributed by atoms with Crippen molar-refractivity contribution in [1.82, 2.24) is 4.31 Å². The Bertz CT molecular complexity index is 758. The van der Waals surface area contributed by atoms with E-state index >= 15 is 0 Å². The largest absolute Gasteiger partial charge is 0.399 e. The molecule has 0 radical (unpaired) electrons. The normalized spacial score (nSPS) is 11.5. The van der Waals surface area contributed by atoms with Crippen LogP contribution in [0.2, 0.25) is 0 Å². The fraction of sp³-hybridized carbons (Fsp3) is 0.214. The number of benzene rings is 1. The van der Waals surface area contributed by atoms with E-state index in [0.29, 0.717) is 17.1 Å². The lowest BCUT2D eigenvalue weighted by molar-refractivity contribution is 0.425. The molecule has 2 rings (SSSR count). The molecule has 0 aliphatic carbocycles. The summed E-state index contributed by atoms with van der Waals surface area (Å²) in [6.07, 6.45) is 0. The fourth-order valence-corrected chi connectivity index (χ4v) is 4.53. The summed E-state index contributed by atoms with van der Waals surface area (Å²) in [7, 11) is -3.58. The van der Waals surface area contributed by atoms with E-state index in [1.807, 2.05) is 18.2 Å². The minimum absolute atomic E-state index is 0.191. The van der Waals surface area contributed by atoms with Crippen LogP contribution >= 0.6 is 11.3 Å². The van der Waals surface area contributed by atoms with Crippen LogP contribution in [0.4, 0.5) is 5.69 Å². The molecule has 0 unspecified atom stereocenters. The molecule has 110 valence electrons. The highest BCUT2D eigenvalue weighted by molar-refractivity contribution is 7.91. The van der Waals surface area contributed by atoms with Crippen molar-refractivity contribution in [3.05, 3.63) is 46.8 Å². The van der Waals surface area contributed by atoms with E-state index in [1.165, 1.54) is 16.4 Å². The summed E-state index contributed by atoms with van der Waals surface area (Å²) < 4.78 is 26.7. The number of thiophene rings is 1. The highest BCUT2D eigenvalue weighted by atomic mass is 32.2. The zero-order valence-electron chi connectivity index (χ0n) is 11.5. The van der Waals surface area contributed by atoms with Gasteiger partial charge in [0.2, 0.25) is 0 Å². The average molecular weight is 321 g/mol. The molecule has 0 aliphatic rings. The van der Waals surface area contributed by atoms with Crippen LogP contribution in [0.25, 0.3) is 0 Å². The van der Waals surface area contributed by atoms with E-state index < -0.39 is 10.0 Å². The lowest BCUT2D eigenvalue weighted by Gasteiger charge is -2.19. The molecule has 5 nitrogen and oxygen atoms in total. The minimum atomic E-state index is -3.58. The van der Waals surface area contributed by atoms with Crippen molar-refractivity contribution >= 4 is 27.0 Å². The zero-order chi connectivity index (χ0) is 15.5. The van der Waals surface area contributed by atoms with E-state index in [-0.39, 0.29) is 10.8 Å². The molecule has 2 N–H and O–H groups in total. The molecule has 0 amide bonds. The van der Waals surface area contributed by atoms with E-state index in [9.17, 15) is 8.42 Å². The van der Waals surface area contributed by atoms with Gasteiger partial charge in [0.25, 0.3) is 10.0 Å². The van der Waals surface area contributed by atoms with Gasteiger partial charge in [0.05, 0.1) is 0 Å². The molecule has 2 aromatic rings. The number of hydrogen-bond acceptors (Lipinski definition) is 5. The first kappa shape index (κ1) is 15.5. The van der Waals surface area contributed by atoms with Gasteiger partial charge >= 0.3 is 0 Å². The van der Waals surface area contributed by atoms with Crippen molar-refractivity contribution in [3.63, 3.8) is 0 Å². The summed E-state index contributed by atoms with van der Waals surface area (Å²) in [5.74, 6) is 0. The second kappa shape index (κ2) is 6.26. The number of sulfonamides is 1. The third-order valence-electron chi connectivity index (χ3n) is 2.98. The topological polar surface area (TPSA) is 87.2 Å². The number of nitrogens with two attached hydrogens (primary N) is 1. The minimum Gasteiger partial charge on any atom is -0.399 e. The molecule has 0 spiro atoms. The van der Waals surface area contributed by atoms with Crippen LogP contribution in [0.15, 0.2) is 40.6 Å². The smallest absolute Gasteiger partial charge is 0.252 e. The molecule has 1 heterocycles. The molecule has 0 atom stereocenters. The maximum atomic E-state index is 12.6. The Hall–Kier alpha value is -1.88. The molecule has 1 aromatic heterocycles. The molecular formula is C14H15N3O2S2. The van der Waals surface area contributed by atoms with Gasteiger partial charge in [-0.3, -0.25) is 0 Å². The second-order valence-electron chi connectivity index (χ2n) is 4.40. The summed E-state index contributed by atoms with van der Waals surface area (Å²) in [5, 5.41) is 8.81. The van der Waals surface area contributed by atoms with Crippen molar-refractivity contribution in [2.75, 3.05) is 12.3 Å². The molecule has 1 aromatic carbocycles. The summed E-state index contributed by atoms with van der Waals surface area (Å²) in [6.45, 7) is 2.42. The maximum absolute atomic E-state index is 12.6. The van der Waals surface area contributed by atoms with E-state index in [4.69, 9.17) is 11.0 Å². The molecule has 7 heteroatoms. The Balaban J connectivity index is 2.27. The Kier molecular flexibility index (Phi) is 4.63. The highest BCUT2D eigenvalue weighted by Crippen LogP contribution is 2.25. The quantitative estimate of drug-likeness (QED) is 0.857. The first-order valence-corrected chi connectivity index (χ1v) is 8.57. The third kappa shape index (κ3) is 3.42. The highest BCUT2D eigenvalue weighted by Gasteiger charge is 2.25. The van der Waals surface area contributed by atoms with Gasteiger partial charge in [0.1, 0.15) is 15.2 Å². The number of nitrogens with zero attached hydrogens (tertiary/aromatic N) is 2. The first-order valence-electron chi connectivity index (χ1n) is 6.32. The van der Waals surface area contributed by atoms with E-state index in [0.717, 1.165) is 16.9 Å². The van der Waals surface area contributed by atoms with Crippen molar-refractivity contribution in [2.24, 2.45) is 0 Å². The SMILES string of the molecule is CCN(Cc1ccc(N)cc1)S(=O)(=O)c1ccc(C#N)s1. The summed E-state index contributed by atoms with van der Waals surface area (Å²) in [4.78, 5) is 0.386. The zero-order valence-corrected chi connectivity index (χ0v) is 13.1. The molecule has 0 aliphatic heterocycles. The van der Waals surface area contributed by atoms with Gasteiger partial charge in [-0.15, -0.1) is 11.3 Å². The number of hydrogen-bond donors (Lipinski definition) is 1.